The molecule has 1 aliphatic rings. The van der Waals surface area contributed by atoms with Crippen LogP contribution in [0.5, 0.6) is 11.5 Å². The minimum Gasteiger partial charge on any atom is -0.454 e. The molecule has 5 heteroatoms. The lowest BCUT2D eigenvalue weighted by molar-refractivity contribution is -0.0399. The zero-order valence-corrected chi connectivity index (χ0v) is 9.06. The molecule has 1 heterocycles. The van der Waals surface area contributed by atoms with E-state index in [1.54, 1.807) is 19.2 Å². The third kappa shape index (κ3) is 2.11. The predicted octanol–water partition coefficient (Wildman–Crippen LogP) is 1.03. The molecule has 0 bridgehead atoms. The Morgan fingerprint density at radius 2 is 2.25 bits per heavy atom. The first kappa shape index (κ1) is 11.2. The highest BCUT2D eigenvalue weighted by Crippen LogP contribution is 2.37. The number of fused-ring (bicyclic) bond motifs is 1. The van der Waals surface area contributed by atoms with Gasteiger partial charge in [0.25, 0.3) is 0 Å². The molecule has 2 rings (SSSR count). The third-order valence-corrected chi connectivity index (χ3v) is 2.36. The van der Waals surface area contributed by atoms with Crippen molar-refractivity contribution < 1.29 is 24.1 Å². The third-order valence-electron chi connectivity index (χ3n) is 2.36. The Labute approximate surface area is 93.5 Å². The molecule has 0 atom stereocenters. The number of benzene rings is 1. The van der Waals surface area contributed by atoms with Crippen molar-refractivity contribution in [3.8, 4) is 11.5 Å². The molecule has 88 valence electrons. The van der Waals surface area contributed by atoms with Gasteiger partial charge in [0.2, 0.25) is 6.79 Å². The van der Waals surface area contributed by atoms with Crippen LogP contribution in [0.1, 0.15) is 11.1 Å². The van der Waals surface area contributed by atoms with Gasteiger partial charge in [-0.25, -0.2) is 0 Å². The molecule has 1 aliphatic heterocycles. The van der Waals surface area contributed by atoms with Crippen molar-refractivity contribution in [3.63, 3.8) is 0 Å². The Balaban J connectivity index is 2.22. The number of hydrogen-bond donors (Lipinski definition) is 1. The average Bonchev–Trinajstić information content (AvgIpc) is 2.77. The van der Waals surface area contributed by atoms with E-state index >= 15 is 0 Å². The lowest BCUT2D eigenvalue weighted by Crippen LogP contribution is -2.02. The molecule has 1 N–H and O–H groups in total. The van der Waals surface area contributed by atoms with E-state index in [2.05, 4.69) is 0 Å². The summed E-state index contributed by atoms with van der Waals surface area (Å²) < 4.78 is 20.7. The number of methoxy groups -OCH3 is 1. The van der Waals surface area contributed by atoms with Crippen molar-refractivity contribution >= 4 is 0 Å². The molecule has 0 unspecified atom stereocenters. The van der Waals surface area contributed by atoms with E-state index in [0.717, 1.165) is 11.1 Å². The van der Waals surface area contributed by atoms with Crippen LogP contribution in [0.3, 0.4) is 0 Å². The van der Waals surface area contributed by atoms with Gasteiger partial charge in [-0.1, -0.05) is 6.07 Å². The van der Waals surface area contributed by atoms with Crippen LogP contribution in [0.4, 0.5) is 0 Å². The maximum absolute atomic E-state index is 9.22. The molecule has 0 amide bonds. The van der Waals surface area contributed by atoms with E-state index in [4.69, 9.17) is 18.9 Å². The van der Waals surface area contributed by atoms with Gasteiger partial charge in [-0.2, -0.15) is 0 Å². The summed E-state index contributed by atoms with van der Waals surface area (Å²) in [4.78, 5) is 0. The van der Waals surface area contributed by atoms with Crippen LogP contribution in [0.2, 0.25) is 0 Å². The molecule has 0 saturated heterocycles. The molecule has 1 aromatic rings. The van der Waals surface area contributed by atoms with Gasteiger partial charge in [0.15, 0.2) is 11.5 Å². The highest BCUT2D eigenvalue weighted by molar-refractivity contribution is 5.51. The number of rotatable bonds is 5. The van der Waals surface area contributed by atoms with Gasteiger partial charge >= 0.3 is 0 Å². The Morgan fingerprint density at radius 1 is 1.38 bits per heavy atom. The summed E-state index contributed by atoms with van der Waals surface area (Å²) in [5.74, 6) is 1.34. The van der Waals surface area contributed by atoms with Gasteiger partial charge in [0.05, 0.1) is 13.2 Å². The molecule has 1 aromatic carbocycles. The predicted molar refractivity (Wildman–Crippen MR) is 55.2 cm³/mol. The van der Waals surface area contributed by atoms with E-state index in [0.29, 0.717) is 18.1 Å². The Hall–Kier alpha value is -1.30. The van der Waals surface area contributed by atoms with Crippen LogP contribution in [0.15, 0.2) is 12.1 Å². The van der Waals surface area contributed by atoms with Crippen LogP contribution in [0.25, 0.3) is 0 Å². The average molecular weight is 226 g/mol. The molecule has 16 heavy (non-hydrogen) atoms. The van der Waals surface area contributed by atoms with E-state index in [-0.39, 0.29) is 20.2 Å². The van der Waals surface area contributed by atoms with Crippen molar-refractivity contribution in [2.24, 2.45) is 0 Å². The summed E-state index contributed by atoms with van der Waals surface area (Å²) in [7, 11) is 1.56. The van der Waals surface area contributed by atoms with Crippen LogP contribution in [0, 0.1) is 0 Å². The minimum absolute atomic E-state index is 0.0533. The van der Waals surface area contributed by atoms with E-state index in [1.807, 2.05) is 0 Å². The van der Waals surface area contributed by atoms with Crippen LogP contribution in [-0.4, -0.2) is 25.8 Å². The smallest absolute Gasteiger partial charge is 0.231 e. The molecule has 0 fully saturated rings. The second kappa shape index (κ2) is 5.16. The molecule has 5 nitrogen and oxygen atoms in total. The Morgan fingerprint density at radius 3 is 3.00 bits per heavy atom. The fraction of sp³-hybridized carbons (Fsp3) is 0.455. The Kier molecular flexibility index (Phi) is 3.61. The number of aliphatic hydroxyl groups is 1. The first-order chi connectivity index (χ1) is 7.86. The van der Waals surface area contributed by atoms with Gasteiger partial charge in [-0.3, -0.25) is 0 Å². The summed E-state index contributed by atoms with van der Waals surface area (Å²) >= 11 is 0. The van der Waals surface area contributed by atoms with Crippen LogP contribution >= 0.6 is 0 Å². The van der Waals surface area contributed by atoms with Gasteiger partial charge in [0, 0.05) is 12.7 Å². The summed E-state index contributed by atoms with van der Waals surface area (Å²) in [6, 6.07) is 3.59. The fourth-order valence-electron chi connectivity index (χ4n) is 1.60. The van der Waals surface area contributed by atoms with Gasteiger partial charge in [0.1, 0.15) is 6.79 Å². The molecule has 0 aliphatic carbocycles. The van der Waals surface area contributed by atoms with E-state index in [1.165, 1.54) is 0 Å². The summed E-state index contributed by atoms with van der Waals surface area (Å²) in [5.41, 5.74) is 1.59. The fourth-order valence-corrected chi connectivity index (χ4v) is 1.60. The van der Waals surface area contributed by atoms with Crippen molar-refractivity contribution in [3.05, 3.63) is 23.3 Å². The quantitative estimate of drug-likeness (QED) is 0.600. The van der Waals surface area contributed by atoms with Crippen molar-refractivity contribution in [1.82, 2.24) is 0 Å². The molecule has 0 saturated carbocycles. The first-order valence-corrected chi connectivity index (χ1v) is 4.94. The minimum atomic E-state index is -0.0533. The van der Waals surface area contributed by atoms with Crippen LogP contribution < -0.4 is 9.47 Å². The monoisotopic (exact) mass is 226 g/mol. The highest BCUT2D eigenvalue weighted by atomic mass is 16.7. The number of hydrogen-bond acceptors (Lipinski definition) is 5. The standard InChI is InChI=1S/C11H14O5/c1-13-6-14-5-9-8(4-12)2-3-10-11(9)16-7-15-10/h2-3,12H,4-7H2,1H3. The van der Waals surface area contributed by atoms with Gasteiger partial charge in [-0.05, 0) is 11.6 Å². The lowest BCUT2D eigenvalue weighted by atomic mass is 10.1. The topological polar surface area (TPSA) is 57.2 Å². The second-order valence-electron chi connectivity index (χ2n) is 3.35. The molecule has 0 spiro atoms. The summed E-state index contributed by atoms with van der Waals surface area (Å²) in [5, 5.41) is 9.22. The second-order valence-corrected chi connectivity index (χ2v) is 3.35. The van der Waals surface area contributed by atoms with Gasteiger partial charge in [-0.15, -0.1) is 0 Å². The number of aliphatic hydroxyl groups excluding tert-OH is 1. The molecule has 0 aromatic heterocycles. The van der Waals surface area contributed by atoms with Crippen molar-refractivity contribution in [1.29, 1.82) is 0 Å². The van der Waals surface area contributed by atoms with E-state index < -0.39 is 0 Å². The largest absolute Gasteiger partial charge is 0.454 e. The summed E-state index contributed by atoms with van der Waals surface area (Å²) in [6.45, 7) is 0.690. The first-order valence-electron chi connectivity index (χ1n) is 4.94. The van der Waals surface area contributed by atoms with Crippen molar-refractivity contribution in [2.75, 3.05) is 20.7 Å². The van der Waals surface area contributed by atoms with E-state index in [9.17, 15) is 5.11 Å². The SMILES string of the molecule is COCOCc1c(CO)ccc2c1OCO2. The molecular formula is C11H14O5. The zero-order valence-electron chi connectivity index (χ0n) is 9.06. The summed E-state index contributed by atoms with van der Waals surface area (Å²) in [6.07, 6.45) is 0. The maximum atomic E-state index is 9.22. The Bertz CT molecular complexity index is 364. The lowest BCUT2D eigenvalue weighted by Gasteiger charge is -2.10. The number of ether oxygens (including phenoxy) is 4. The van der Waals surface area contributed by atoms with Gasteiger partial charge < -0.3 is 24.1 Å². The van der Waals surface area contributed by atoms with Crippen LogP contribution in [-0.2, 0) is 22.7 Å². The molecular weight excluding hydrogens is 212 g/mol. The normalized spacial score (nSPS) is 13.1. The maximum Gasteiger partial charge on any atom is 0.231 e. The highest BCUT2D eigenvalue weighted by Gasteiger charge is 2.20. The molecule has 0 radical (unpaired) electrons. The zero-order chi connectivity index (χ0) is 11.4. The van der Waals surface area contributed by atoms with Crippen molar-refractivity contribution in [2.45, 2.75) is 13.2 Å².